The fourth-order valence-electron chi connectivity index (χ4n) is 5.17. The molecule has 0 fully saturated rings. The Morgan fingerprint density at radius 1 is 0.733 bits per heavy atom. The van der Waals surface area contributed by atoms with E-state index in [0.717, 1.165) is 28.1 Å². The number of fused-ring (bicyclic) bond motifs is 3. The van der Waals surface area contributed by atoms with Gasteiger partial charge in [0.05, 0.1) is 8.07 Å². The van der Waals surface area contributed by atoms with Gasteiger partial charge in [-0.15, -0.1) is 59.7 Å². The second-order valence-electron chi connectivity index (χ2n) is 12.2. The van der Waals surface area contributed by atoms with E-state index in [4.69, 9.17) is 1.37 Å². The van der Waals surface area contributed by atoms with Crippen LogP contribution in [0.25, 0.3) is 53.8 Å². The van der Waals surface area contributed by atoms with Gasteiger partial charge in [0.15, 0.2) is 0 Å². The summed E-state index contributed by atoms with van der Waals surface area (Å²) in [5.41, 5.74) is 7.36. The standard InChI is InChI=1S/C26H20NS.C14H16NSi.Ir/c1-17(2)19-13-14-27-24(15-19)23-10-6-9-22-21-12-11-20(16-25(21)28-26(22)23)18-7-4-3-5-8-18;1-16(2,3)13-9-10-14(15-11-13)12-7-5-4-6-8-12;/h3-9,11-17H,1-2H3;4-7,9-11H,1-3H3;/q2*-1;/i17D;;. The average Bonchev–Trinajstić information content (AvgIpc) is 3.43. The first-order valence-electron chi connectivity index (χ1n) is 15.4. The molecule has 0 atom stereocenters. The van der Waals surface area contributed by atoms with Gasteiger partial charge in [-0.05, 0) is 55.8 Å². The quantitative estimate of drug-likeness (QED) is 0.128. The van der Waals surface area contributed by atoms with Crippen LogP contribution in [0.1, 0.15) is 26.7 Å². The molecule has 0 spiro atoms. The molecule has 0 aliphatic rings. The van der Waals surface area contributed by atoms with Crippen molar-refractivity contribution in [1.29, 1.82) is 0 Å². The molecule has 7 rings (SSSR count). The van der Waals surface area contributed by atoms with Crippen molar-refractivity contribution in [1.82, 2.24) is 9.97 Å². The third-order valence-corrected chi connectivity index (χ3v) is 11.0. The van der Waals surface area contributed by atoms with Crippen molar-refractivity contribution >= 4 is 44.8 Å². The number of nitrogens with zero attached hydrogens (tertiary/aromatic N) is 2. The van der Waals surface area contributed by atoms with E-state index >= 15 is 0 Å². The number of pyridine rings is 2. The van der Waals surface area contributed by atoms with Gasteiger partial charge in [0.1, 0.15) is 0 Å². The molecule has 0 N–H and O–H groups in total. The molecule has 0 saturated carbocycles. The van der Waals surface area contributed by atoms with Crippen molar-refractivity contribution in [3.63, 3.8) is 0 Å². The Morgan fingerprint density at radius 3 is 2.22 bits per heavy atom. The number of hydrogen-bond donors (Lipinski definition) is 0. The van der Waals surface area contributed by atoms with Gasteiger partial charge in [-0.25, -0.2) is 0 Å². The van der Waals surface area contributed by atoms with Crippen LogP contribution in [0.5, 0.6) is 0 Å². The first-order chi connectivity index (χ1) is 21.6. The zero-order chi connectivity index (χ0) is 31.6. The van der Waals surface area contributed by atoms with Crippen molar-refractivity contribution in [3.05, 3.63) is 139 Å². The van der Waals surface area contributed by atoms with Gasteiger partial charge in [-0.2, -0.15) is 11.3 Å². The van der Waals surface area contributed by atoms with Gasteiger partial charge in [-0.1, -0.05) is 105 Å². The molecule has 1 radical (unpaired) electrons. The molecular weight excluding hydrogens is 761 g/mol. The number of hydrogen-bond acceptors (Lipinski definition) is 3. The minimum Gasteiger partial charge on any atom is -0.305 e. The van der Waals surface area contributed by atoms with E-state index in [-0.39, 0.29) is 20.1 Å². The molecule has 5 heteroatoms. The Labute approximate surface area is 287 Å². The van der Waals surface area contributed by atoms with Gasteiger partial charge in [0.25, 0.3) is 0 Å². The second-order valence-corrected chi connectivity index (χ2v) is 18.3. The van der Waals surface area contributed by atoms with Crippen molar-refractivity contribution in [2.45, 2.75) is 39.4 Å². The van der Waals surface area contributed by atoms with E-state index in [1.54, 1.807) is 17.5 Å². The Kier molecular flexibility index (Phi) is 9.82. The third kappa shape index (κ3) is 7.40. The summed E-state index contributed by atoms with van der Waals surface area (Å²) in [5.74, 6) is -0.656. The summed E-state index contributed by atoms with van der Waals surface area (Å²) in [5, 5.41) is 3.89. The fraction of sp³-hybridized carbons (Fsp3) is 0.150. The van der Waals surface area contributed by atoms with E-state index in [1.807, 2.05) is 68.6 Å². The smallest absolute Gasteiger partial charge is 0.0795 e. The van der Waals surface area contributed by atoms with Gasteiger partial charge < -0.3 is 9.97 Å². The van der Waals surface area contributed by atoms with Crippen molar-refractivity contribution in [2.24, 2.45) is 0 Å². The molecule has 0 bridgehead atoms. The first-order valence-corrected chi connectivity index (χ1v) is 19.2. The summed E-state index contributed by atoms with van der Waals surface area (Å²) >= 11 is 1.79. The summed E-state index contributed by atoms with van der Waals surface area (Å²) in [7, 11) is -1.23. The summed E-state index contributed by atoms with van der Waals surface area (Å²) in [6, 6.07) is 44.1. The molecule has 4 aromatic carbocycles. The fourth-order valence-corrected chi connectivity index (χ4v) is 7.45. The topological polar surface area (TPSA) is 25.8 Å². The summed E-state index contributed by atoms with van der Waals surface area (Å²) in [6.45, 7) is 10.8. The maximum Gasteiger partial charge on any atom is 0.0795 e. The van der Waals surface area contributed by atoms with Crippen LogP contribution < -0.4 is 5.19 Å². The molecular formula is C40H36IrN2SSi-2. The number of aromatic nitrogens is 2. The largest absolute Gasteiger partial charge is 0.305 e. The Hall–Kier alpha value is -3.73. The molecule has 227 valence electrons. The summed E-state index contributed by atoms with van der Waals surface area (Å²) < 4.78 is 10.8. The predicted molar refractivity (Wildman–Crippen MR) is 192 cm³/mol. The van der Waals surface area contributed by atoms with Gasteiger partial charge in [-0.3, -0.25) is 0 Å². The Balaban J connectivity index is 0.000000209. The second kappa shape index (κ2) is 14.1. The zero-order valence-corrected chi connectivity index (χ0v) is 30.4. The van der Waals surface area contributed by atoms with Crippen molar-refractivity contribution in [2.75, 3.05) is 0 Å². The monoisotopic (exact) mass is 798 g/mol. The SMILES string of the molecule is C[Si](C)(C)c1ccc(-c2[c-]cccc2)nc1.[2H]C(C)(C)c1ccnc(-c2[c-]ccc3c2sc2cc(-c4ccccc4)ccc23)c1.[Ir]. The molecule has 2 nitrogen and oxygen atoms in total. The van der Waals surface area contributed by atoms with Crippen LogP contribution in [0.4, 0.5) is 0 Å². The average molecular weight is 798 g/mol. The molecule has 0 aliphatic heterocycles. The minimum absolute atomic E-state index is 0. The molecule has 3 aromatic heterocycles. The predicted octanol–water partition coefficient (Wildman–Crippen LogP) is 10.8. The molecule has 3 heterocycles. The number of thiophene rings is 1. The van der Waals surface area contributed by atoms with Gasteiger partial charge >= 0.3 is 0 Å². The molecule has 0 saturated heterocycles. The van der Waals surface area contributed by atoms with Crippen LogP contribution in [0, 0.1) is 12.1 Å². The Bertz CT molecular complexity index is 2060. The maximum absolute atomic E-state index is 8.35. The maximum atomic E-state index is 8.35. The van der Waals surface area contributed by atoms with Crippen LogP contribution in [0.15, 0.2) is 122 Å². The Morgan fingerprint density at radius 2 is 1.53 bits per heavy atom. The number of benzene rings is 4. The molecule has 7 aromatic rings. The minimum atomic E-state index is -1.23. The van der Waals surface area contributed by atoms with E-state index in [0.29, 0.717) is 0 Å². The number of rotatable bonds is 5. The van der Waals surface area contributed by atoms with E-state index in [2.05, 4.69) is 102 Å². The van der Waals surface area contributed by atoms with E-state index in [9.17, 15) is 0 Å². The summed E-state index contributed by atoms with van der Waals surface area (Å²) in [4.78, 5) is 9.12. The van der Waals surface area contributed by atoms with Crippen molar-refractivity contribution < 1.29 is 21.5 Å². The molecule has 0 unspecified atom stereocenters. The van der Waals surface area contributed by atoms with Crippen LogP contribution in [-0.2, 0) is 20.1 Å². The van der Waals surface area contributed by atoms with Crippen molar-refractivity contribution in [3.8, 4) is 33.6 Å². The van der Waals surface area contributed by atoms with Gasteiger partial charge in [0, 0.05) is 38.6 Å². The normalized spacial score (nSPS) is 11.8. The van der Waals surface area contributed by atoms with E-state index < -0.39 is 14.0 Å². The zero-order valence-electron chi connectivity index (χ0n) is 27.2. The van der Waals surface area contributed by atoms with Gasteiger partial charge in [0.2, 0.25) is 0 Å². The van der Waals surface area contributed by atoms with Crippen LogP contribution >= 0.6 is 11.3 Å². The molecule has 45 heavy (non-hydrogen) atoms. The van der Waals surface area contributed by atoms with Crippen LogP contribution in [-0.4, -0.2) is 18.0 Å². The molecule has 0 amide bonds. The summed E-state index contributed by atoms with van der Waals surface area (Å²) in [6.07, 6.45) is 3.82. The van der Waals surface area contributed by atoms with Crippen LogP contribution in [0.2, 0.25) is 19.6 Å². The first kappa shape index (κ1) is 31.3. The van der Waals surface area contributed by atoms with Crippen LogP contribution in [0.3, 0.4) is 0 Å². The molecule has 0 aliphatic carbocycles. The van der Waals surface area contributed by atoms with E-state index in [1.165, 1.54) is 36.5 Å². The third-order valence-electron chi connectivity index (χ3n) is 7.75.